The van der Waals surface area contributed by atoms with Crippen LogP contribution in [0.4, 0.5) is 0 Å². The maximum Gasteiger partial charge on any atom is 0.254 e. The summed E-state index contributed by atoms with van der Waals surface area (Å²) in [7, 11) is 1.76. The molecule has 1 aliphatic heterocycles. The fourth-order valence-electron chi connectivity index (χ4n) is 2.55. The van der Waals surface area contributed by atoms with Crippen LogP contribution in [0, 0.1) is 11.3 Å². The molecule has 0 saturated carbocycles. The first-order chi connectivity index (χ1) is 9.72. The number of carbonyl (C=O) groups excluding carboxylic acids is 1. The molecule has 0 N–H and O–H groups in total. The molecule has 1 aliphatic rings. The lowest BCUT2D eigenvalue weighted by molar-refractivity contribution is 0.0618. The zero-order valence-corrected chi connectivity index (χ0v) is 11.2. The zero-order valence-electron chi connectivity index (χ0n) is 11.2. The highest BCUT2D eigenvalue weighted by atomic mass is 16.5. The molecule has 0 saturated heterocycles. The molecule has 2 aromatic carbocycles. The van der Waals surface area contributed by atoms with Crippen molar-refractivity contribution in [2.45, 2.75) is 6.61 Å². The van der Waals surface area contributed by atoms with Crippen molar-refractivity contribution in [1.82, 2.24) is 4.90 Å². The van der Waals surface area contributed by atoms with Crippen molar-refractivity contribution in [3.8, 4) is 6.07 Å². The van der Waals surface area contributed by atoms with Crippen molar-refractivity contribution >= 4 is 16.7 Å². The van der Waals surface area contributed by atoms with E-state index in [-0.39, 0.29) is 5.91 Å². The summed E-state index contributed by atoms with van der Waals surface area (Å²) in [5.74, 6) is -0.0448. The van der Waals surface area contributed by atoms with Gasteiger partial charge in [0.1, 0.15) is 0 Å². The van der Waals surface area contributed by atoms with Gasteiger partial charge in [0.25, 0.3) is 5.91 Å². The van der Waals surface area contributed by atoms with Gasteiger partial charge in [0.05, 0.1) is 30.4 Å². The van der Waals surface area contributed by atoms with E-state index in [0.717, 1.165) is 10.8 Å². The van der Waals surface area contributed by atoms with E-state index < -0.39 is 0 Å². The van der Waals surface area contributed by atoms with Gasteiger partial charge in [-0.15, -0.1) is 0 Å². The van der Waals surface area contributed by atoms with Crippen molar-refractivity contribution in [1.29, 1.82) is 5.26 Å². The van der Waals surface area contributed by atoms with Crippen LogP contribution in [-0.4, -0.2) is 31.0 Å². The Bertz CT molecular complexity index is 731. The Morgan fingerprint density at radius 2 is 2.15 bits per heavy atom. The number of nitrogens with zero attached hydrogens (tertiary/aromatic N) is 2. The van der Waals surface area contributed by atoms with Crippen molar-refractivity contribution in [3.05, 3.63) is 47.0 Å². The van der Waals surface area contributed by atoms with Crippen LogP contribution in [0.1, 0.15) is 21.5 Å². The second-order valence-electron chi connectivity index (χ2n) is 4.89. The summed E-state index contributed by atoms with van der Waals surface area (Å²) in [6.45, 7) is 1.35. The quantitative estimate of drug-likeness (QED) is 0.735. The van der Waals surface area contributed by atoms with Crippen LogP contribution in [0.5, 0.6) is 0 Å². The van der Waals surface area contributed by atoms with Gasteiger partial charge in [0.15, 0.2) is 0 Å². The van der Waals surface area contributed by atoms with Gasteiger partial charge in [0.2, 0.25) is 0 Å². The molecule has 4 heteroatoms. The molecular formula is C16H14N2O2. The highest BCUT2D eigenvalue weighted by molar-refractivity contribution is 6.09. The maximum absolute atomic E-state index is 12.6. The third-order valence-electron chi connectivity index (χ3n) is 3.66. The van der Waals surface area contributed by atoms with Gasteiger partial charge in [-0.05, 0) is 16.8 Å². The standard InChI is InChI=1S/C16H14N2O2/c1-18-6-7-20-10-14-12(9-17)8-11-4-2-3-5-13(11)15(14)16(18)19/h2-5,8H,6-7,10H2,1H3. The van der Waals surface area contributed by atoms with Gasteiger partial charge in [-0.25, -0.2) is 0 Å². The van der Waals surface area contributed by atoms with Crippen LogP contribution in [0.2, 0.25) is 0 Å². The molecule has 100 valence electrons. The number of likely N-dealkylation sites (N-methyl/N-ethyl adjacent to an activating group) is 1. The van der Waals surface area contributed by atoms with E-state index in [1.165, 1.54) is 0 Å². The molecule has 1 heterocycles. The average molecular weight is 266 g/mol. The van der Waals surface area contributed by atoms with Crippen molar-refractivity contribution in [2.24, 2.45) is 0 Å². The highest BCUT2D eigenvalue weighted by Gasteiger charge is 2.23. The van der Waals surface area contributed by atoms with Gasteiger partial charge in [0, 0.05) is 19.2 Å². The Morgan fingerprint density at radius 3 is 2.95 bits per heavy atom. The predicted octanol–water partition coefficient (Wildman–Crippen LogP) is 2.31. The Morgan fingerprint density at radius 1 is 1.35 bits per heavy atom. The van der Waals surface area contributed by atoms with E-state index in [0.29, 0.717) is 36.4 Å². The Balaban J connectivity index is 2.38. The van der Waals surface area contributed by atoms with Crippen LogP contribution >= 0.6 is 0 Å². The summed E-state index contributed by atoms with van der Waals surface area (Å²) in [5, 5.41) is 11.1. The second-order valence-corrected chi connectivity index (χ2v) is 4.89. The van der Waals surface area contributed by atoms with E-state index in [4.69, 9.17) is 4.74 Å². The Labute approximate surface area is 117 Å². The topological polar surface area (TPSA) is 53.3 Å². The van der Waals surface area contributed by atoms with Crippen LogP contribution in [0.15, 0.2) is 30.3 Å². The van der Waals surface area contributed by atoms with Crippen LogP contribution in [0.3, 0.4) is 0 Å². The van der Waals surface area contributed by atoms with Crippen LogP contribution < -0.4 is 0 Å². The molecule has 0 spiro atoms. The van der Waals surface area contributed by atoms with E-state index >= 15 is 0 Å². The first kappa shape index (κ1) is 12.6. The summed E-state index contributed by atoms with van der Waals surface area (Å²) in [6.07, 6.45) is 0. The largest absolute Gasteiger partial charge is 0.375 e. The molecule has 0 radical (unpaired) electrons. The first-order valence-corrected chi connectivity index (χ1v) is 6.50. The minimum absolute atomic E-state index is 0.0448. The highest BCUT2D eigenvalue weighted by Crippen LogP contribution is 2.28. The number of fused-ring (bicyclic) bond motifs is 3. The number of carbonyl (C=O) groups is 1. The monoisotopic (exact) mass is 266 g/mol. The fourth-order valence-corrected chi connectivity index (χ4v) is 2.55. The number of amides is 1. The van der Waals surface area contributed by atoms with Crippen molar-refractivity contribution in [2.75, 3.05) is 20.2 Å². The van der Waals surface area contributed by atoms with E-state index in [9.17, 15) is 10.1 Å². The Hall–Kier alpha value is -2.38. The number of nitriles is 1. The van der Waals surface area contributed by atoms with Gasteiger partial charge in [-0.2, -0.15) is 5.26 Å². The van der Waals surface area contributed by atoms with Gasteiger partial charge < -0.3 is 9.64 Å². The maximum atomic E-state index is 12.6. The Kier molecular flexibility index (Phi) is 3.13. The van der Waals surface area contributed by atoms with E-state index in [2.05, 4.69) is 6.07 Å². The lowest BCUT2D eigenvalue weighted by atomic mass is 9.93. The SMILES string of the molecule is CN1CCOCc2c(C#N)cc3ccccc3c2C1=O. The smallest absolute Gasteiger partial charge is 0.254 e. The molecule has 0 fully saturated rings. The summed E-state index contributed by atoms with van der Waals surface area (Å²) < 4.78 is 5.57. The van der Waals surface area contributed by atoms with Crippen LogP contribution in [0.25, 0.3) is 10.8 Å². The van der Waals surface area contributed by atoms with Gasteiger partial charge in [-0.3, -0.25) is 4.79 Å². The van der Waals surface area contributed by atoms with Gasteiger partial charge in [-0.1, -0.05) is 24.3 Å². The first-order valence-electron chi connectivity index (χ1n) is 6.50. The number of hydrogen-bond acceptors (Lipinski definition) is 3. The molecule has 2 aromatic rings. The molecule has 3 rings (SSSR count). The molecule has 0 bridgehead atoms. The zero-order chi connectivity index (χ0) is 14.1. The minimum Gasteiger partial charge on any atom is -0.375 e. The third-order valence-corrected chi connectivity index (χ3v) is 3.66. The number of benzene rings is 2. The fraction of sp³-hybridized carbons (Fsp3) is 0.250. The molecule has 0 unspecified atom stereocenters. The molecule has 0 aliphatic carbocycles. The number of rotatable bonds is 0. The third kappa shape index (κ3) is 1.93. The van der Waals surface area contributed by atoms with Crippen molar-refractivity contribution in [3.63, 3.8) is 0 Å². The summed E-state index contributed by atoms with van der Waals surface area (Å²) in [4.78, 5) is 14.3. The number of hydrogen-bond donors (Lipinski definition) is 0. The predicted molar refractivity (Wildman–Crippen MR) is 75.3 cm³/mol. The minimum atomic E-state index is -0.0448. The summed E-state index contributed by atoms with van der Waals surface area (Å²) in [6, 6.07) is 11.7. The molecule has 0 aromatic heterocycles. The second kappa shape index (κ2) is 4.95. The van der Waals surface area contributed by atoms with E-state index in [1.54, 1.807) is 11.9 Å². The molecule has 4 nitrogen and oxygen atoms in total. The average Bonchev–Trinajstić information content (AvgIpc) is 2.48. The lowest BCUT2D eigenvalue weighted by Gasteiger charge is -2.24. The molecular weight excluding hydrogens is 252 g/mol. The van der Waals surface area contributed by atoms with Crippen molar-refractivity contribution < 1.29 is 9.53 Å². The molecule has 0 atom stereocenters. The summed E-state index contributed by atoms with van der Waals surface area (Å²) >= 11 is 0. The normalized spacial score (nSPS) is 15.4. The molecule has 20 heavy (non-hydrogen) atoms. The van der Waals surface area contributed by atoms with E-state index in [1.807, 2.05) is 30.3 Å². The van der Waals surface area contributed by atoms with Crippen LogP contribution in [-0.2, 0) is 11.3 Å². The van der Waals surface area contributed by atoms with Gasteiger partial charge >= 0.3 is 0 Å². The lowest BCUT2D eigenvalue weighted by Crippen LogP contribution is -2.33. The number of ether oxygens (including phenoxy) is 1. The summed E-state index contributed by atoms with van der Waals surface area (Å²) in [5.41, 5.74) is 1.81. The molecule has 1 amide bonds.